The Hall–Kier alpha value is -3.06. The lowest BCUT2D eigenvalue weighted by Gasteiger charge is -2.35. The Morgan fingerprint density at radius 3 is 2.32 bits per heavy atom. The van der Waals surface area contributed by atoms with Crippen LogP contribution in [0.4, 0.5) is 11.4 Å². The van der Waals surface area contributed by atoms with Crippen molar-refractivity contribution in [1.29, 1.82) is 0 Å². The van der Waals surface area contributed by atoms with E-state index in [4.69, 9.17) is 4.74 Å². The highest BCUT2D eigenvalue weighted by Gasteiger charge is 2.20. The van der Waals surface area contributed by atoms with Crippen molar-refractivity contribution >= 4 is 23.2 Å². The zero-order valence-electron chi connectivity index (χ0n) is 18.6. The lowest BCUT2D eigenvalue weighted by molar-refractivity contribution is -0.117. The number of nitrogens with one attached hydrogen (secondary N) is 2. The van der Waals surface area contributed by atoms with Crippen LogP contribution in [0.25, 0.3) is 0 Å². The van der Waals surface area contributed by atoms with Crippen molar-refractivity contribution in [3.05, 3.63) is 54.1 Å². The minimum Gasteiger partial charge on any atom is -0.497 e. The van der Waals surface area contributed by atoms with E-state index in [0.29, 0.717) is 30.3 Å². The Kier molecular flexibility index (Phi) is 7.89. The van der Waals surface area contributed by atoms with Gasteiger partial charge in [-0.15, -0.1) is 0 Å². The monoisotopic (exact) mass is 424 g/mol. The molecule has 166 valence electrons. The number of nitrogens with zero attached hydrogens (tertiary/aromatic N) is 2. The van der Waals surface area contributed by atoms with Gasteiger partial charge in [0.25, 0.3) is 5.91 Å². The van der Waals surface area contributed by atoms with Crippen LogP contribution in [0.1, 0.15) is 24.2 Å². The summed E-state index contributed by atoms with van der Waals surface area (Å²) in [5, 5.41) is 5.82. The van der Waals surface area contributed by atoms with Gasteiger partial charge in [-0.1, -0.05) is 26.0 Å². The van der Waals surface area contributed by atoms with Crippen molar-refractivity contribution in [3.63, 3.8) is 0 Å². The predicted octanol–water partition coefficient (Wildman–Crippen LogP) is 2.84. The smallest absolute Gasteiger partial charge is 0.253 e. The van der Waals surface area contributed by atoms with Gasteiger partial charge in [0.2, 0.25) is 5.91 Å². The molecule has 1 heterocycles. The number of anilines is 2. The second-order valence-corrected chi connectivity index (χ2v) is 8.16. The molecule has 1 fully saturated rings. The first-order chi connectivity index (χ1) is 15.0. The summed E-state index contributed by atoms with van der Waals surface area (Å²) in [4.78, 5) is 29.5. The first-order valence-electron chi connectivity index (χ1n) is 10.7. The molecule has 7 nitrogen and oxygen atoms in total. The average molecular weight is 425 g/mol. The summed E-state index contributed by atoms with van der Waals surface area (Å²) >= 11 is 0. The van der Waals surface area contributed by atoms with E-state index in [2.05, 4.69) is 32.6 Å². The number of ether oxygens (including phenoxy) is 1. The van der Waals surface area contributed by atoms with Crippen molar-refractivity contribution in [2.75, 3.05) is 56.6 Å². The molecule has 7 heteroatoms. The molecule has 31 heavy (non-hydrogen) atoms. The Morgan fingerprint density at radius 2 is 1.68 bits per heavy atom. The van der Waals surface area contributed by atoms with Gasteiger partial charge in [0.15, 0.2) is 0 Å². The number of carbonyl (C=O) groups is 2. The second-order valence-electron chi connectivity index (χ2n) is 8.16. The minimum atomic E-state index is -0.169. The molecule has 0 saturated carbocycles. The Balaban J connectivity index is 1.51. The number of benzene rings is 2. The van der Waals surface area contributed by atoms with E-state index < -0.39 is 0 Å². The molecule has 1 aliphatic rings. The summed E-state index contributed by atoms with van der Waals surface area (Å²) < 4.78 is 5.22. The largest absolute Gasteiger partial charge is 0.497 e. The highest BCUT2D eigenvalue weighted by Crippen LogP contribution is 2.20. The lowest BCUT2D eigenvalue weighted by Crippen LogP contribution is -2.48. The van der Waals surface area contributed by atoms with Gasteiger partial charge >= 0.3 is 0 Å². The SMILES string of the molecule is COc1ccc(N2CCN(CC(=O)Nc3ccccc3C(=O)NCC(C)C)CC2)cc1. The fourth-order valence-electron chi connectivity index (χ4n) is 3.53. The van der Waals surface area contributed by atoms with E-state index in [1.165, 1.54) is 0 Å². The number of hydrogen-bond acceptors (Lipinski definition) is 5. The van der Waals surface area contributed by atoms with E-state index in [-0.39, 0.29) is 11.8 Å². The number of rotatable bonds is 8. The topological polar surface area (TPSA) is 73.9 Å². The van der Waals surface area contributed by atoms with Gasteiger partial charge in [0, 0.05) is 38.4 Å². The molecule has 2 N–H and O–H groups in total. The molecular formula is C24H32N4O3. The van der Waals surface area contributed by atoms with Crippen molar-refractivity contribution in [2.24, 2.45) is 5.92 Å². The van der Waals surface area contributed by atoms with Gasteiger partial charge in [0.1, 0.15) is 5.75 Å². The van der Waals surface area contributed by atoms with Crippen molar-refractivity contribution in [3.8, 4) is 5.75 Å². The van der Waals surface area contributed by atoms with E-state index in [9.17, 15) is 9.59 Å². The van der Waals surface area contributed by atoms with E-state index >= 15 is 0 Å². The van der Waals surface area contributed by atoms with Crippen LogP contribution in [0, 0.1) is 5.92 Å². The first-order valence-corrected chi connectivity index (χ1v) is 10.7. The second kappa shape index (κ2) is 10.8. The van der Waals surface area contributed by atoms with E-state index in [1.54, 1.807) is 25.3 Å². The molecule has 0 bridgehead atoms. The fraction of sp³-hybridized carbons (Fsp3) is 0.417. The summed E-state index contributed by atoms with van der Waals surface area (Å²) in [7, 11) is 1.66. The summed E-state index contributed by atoms with van der Waals surface area (Å²) in [5.74, 6) is 0.930. The third kappa shape index (κ3) is 6.46. The van der Waals surface area contributed by atoms with Crippen LogP contribution >= 0.6 is 0 Å². The maximum Gasteiger partial charge on any atom is 0.253 e. The molecule has 0 atom stereocenters. The molecule has 2 aromatic carbocycles. The maximum absolute atomic E-state index is 12.6. The summed E-state index contributed by atoms with van der Waals surface area (Å²) in [6.07, 6.45) is 0. The van der Waals surface area contributed by atoms with Crippen LogP contribution in [-0.4, -0.2) is 63.1 Å². The van der Waals surface area contributed by atoms with E-state index in [0.717, 1.165) is 37.6 Å². The quantitative estimate of drug-likeness (QED) is 0.682. The van der Waals surface area contributed by atoms with Gasteiger partial charge in [-0.2, -0.15) is 0 Å². The third-order valence-electron chi connectivity index (χ3n) is 5.29. The Bertz CT molecular complexity index is 875. The minimum absolute atomic E-state index is 0.109. The van der Waals surface area contributed by atoms with Gasteiger partial charge in [-0.05, 0) is 42.3 Å². The summed E-state index contributed by atoms with van der Waals surface area (Å²) in [6, 6.07) is 15.2. The number of amides is 2. The Morgan fingerprint density at radius 1 is 1.00 bits per heavy atom. The first kappa shape index (κ1) is 22.6. The summed E-state index contributed by atoms with van der Waals surface area (Å²) in [6.45, 7) is 8.30. The molecule has 0 radical (unpaired) electrons. The molecule has 2 aromatic rings. The lowest BCUT2D eigenvalue weighted by atomic mass is 10.1. The number of piperazine rings is 1. The molecule has 1 aliphatic heterocycles. The fourth-order valence-corrected chi connectivity index (χ4v) is 3.53. The highest BCUT2D eigenvalue weighted by atomic mass is 16.5. The number of para-hydroxylation sites is 1. The zero-order valence-corrected chi connectivity index (χ0v) is 18.6. The van der Waals surface area contributed by atoms with Gasteiger partial charge < -0.3 is 20.3 Å². The highest BCUT2D eigenvalue weighted by molar-refractivity contribution is 6.04. The van der Waals surface area contributed by atoms with Crippen LogP contribution in [0.2, 0.25) is 0 Å². The van der Waals surface area contributed by atoms with Gasteiger partial charge in [0.05, 0.1) is 24.9 Å². The number of carbonyl (C=O) groups excluding carboxylic acids is 2. The zero-order chi connectivity index (χ0) is 22.2. The van der Waals surface area contributed by atoms with Crippen molar-refractivity contribution in [2.45, 2.75) is 13.8 Å². The molecule has 0 unspecified atom stereocenters. The van der Waals surface area contributed by atoms with Crippen LogP contribution in [0.15, 0.2) is 48.5 Å². The van der Waals surface area contributed by atoms with Gasteiger partial charge in [-0.25, -0.2) is 0 Å². The van der Waals surface area contributed by atoms with Crippen LogP contribution in [-0.2, 0) is 4.79 Å². The predicted molar refractivity (Wildman–Crippen MR) is 124 cm³/mol. The normalized spacial score (nSPS) is 14.4. The molecular weight excluding hydrogens is 392 g/mol. The van der Waals surface area contributed by atoms with Gasteiger partial charge in [-0.3, -0.25) is 14.5 Å². The van der Waals surface area contributed by atoms with Crippen molar-refractivity contribution < 1.29 is 14.3 Å². The van der Waals surface area contributed by atoms with Crippen molar-refractivity contribution in [1.82, 2.24) is 10.2 Å². The standard InChI is InChI=1S/C24H32N4O3/c1-18(2)16-25-24(30)21-6-4-5-7-22(21)26-23(29)17-27-12-14-28(15-13-27)19-8-10-20(31-3)11-9-19/h4-11,18H,12-17H2,1-3H3,(H,25,30)(H,26,29). The number of methoxy groups -OCH3 is 1. The van der Waals surface area contributed by atoms with Crippen LogP contribution in [0.3, 0.4) is 0 Å². The molecule has 1 saturated heterocycles. The maximum atomic E-state index is 12.6. The molecule has 0 aliphatic carbocycles. The van der Waals surface area contributed by atoms with Crippen LogP contribution < -0.4 is 20.3 Å². The third-order valence-corrected chi connectivity index (χ3v) is 5.29. The molecule has 2 amide bonds. The number of hydrogen-bond donors (Lipinski definition) is 2. The van der Waals surface area contributed by atoms with E-state index in [1.807, 2.05) is 32.0 Å². The average Bonchev–Trinajstić information content (AvgIpc) is 2.78. The molecule has 0 aromatic heterocycles. The Labute approximate surface area is 184 Å². The van der Waals surface area contributed by atoms with Crippen LogP contribution in [0.5, 0.6) is 5.75 Å². The molecule has 3 rings (SSSR count). The summed E-state index contributed by atoms with van der Waals surface area (Å²) in [5.41, 5.74) is 2.19. The molecule has 0 spiro atoms.